The Balaban J connectivity index is 1.69. The van der Waals surface area contributed by atoms with E-state index in [0.717, 1.165) is 25.9 Å². The molecule has 1 saturated heterocycles. The van der Waals surface area contributed by atoms with E-state index >= 15 is 0 Å². The maximum Gasteiger partial charge on any atom is 0.225 e. The van der Waals surface area contributed by atoms with E-state index in [4.69, 9.17) is 0 Å². The average Bonchev–Trinajstić information content (AvgIpc) is 2.58. The first-order chi connectivity index (χ1) is 11.9. The van der Waals surface area contributed by atoms with Crippen LogP contribution in [0.15, 0.2) is 18.5 Å². The van der Waals surface area contributed by atoms with Gasteiger partial charge >= 0.3 is 0 Å². The first kappa shape index (κ1) is 19.1. The number of anilines is 1. The zero-order valence-electron chi connectivity index (χ0n) is 15.4. The van der Waals surface area contributed by atoms with Crippen LogP contribution in [0.5, 0.6) is 0 Å². The molecule has 0 saturated carbocycles. The quantitative estimate of drug-likeness (QED) is 0.762. The number of hydrogen-bond acceptors (Lipinski definition) is 5. The summed E-state index contributed by atoms with van der Waals surface area (Å²) in [6, 6.07) is 1.92. The van der Waals surface area contributed by atoms with Gasteiger partial charge in [0.05, 0.1) is 0 Å². The number of nitrogens with one attached hydrogen (secondary N) is 2. The van der Waals surface area contributed by atoms with Crippen LogP contribution >= 0.6 is 0 Å². The number of carbonyl (C=O) groups excluding carboxylic acids is 2. The van der Waals surface area contributed by atoms with Gasteiger partial charge in [0.1, 0.15) is 0 Å². The van der Waals surface area contributed by atoms with Gasteiger partial charge in [-0.3, -0.25) is 9.59 Å². The molecule has 0 aliphatic carbocycles. The predicted molar refractivity (Wildman–Crippen MR) is 97.1 cm³/mol. The second-order valence-corrected chi connectivity index (χ2v) is 7.51. The van der Waals surface area contributed by atoms with Crippen LogP contribution in [0.2, 0.25) is 0 Å². The number of aromatic nitrogens is 2. The minimum absolute atomic E-state index is 0.0127. The van der Waals surface area contributed by atoms with Gasteiger partial charge in [0.2, 0.25) is 17.8 Å². The predicted octanol–water partition coefficient (Wildman–Crippen LogP) is 1.50. The normalized spacial score (nSPS) is 17.9. The zero-order valence-corrected chi connectivity index (χ0v) is 15.4. The van der Waals surface area contributed by atoms with Crippen molar-refractivity contribution in [2.75, 3.05) is 24.5 Å². The second-order valence-electron chi connectivity index (χ2n) is 7.51. The molecule has 138 valence electrons. The highest BCUT2D eigenvalue weighted by molar-refractivity contribution is 5.81. The molecule has 1 aromatic rings. The summed E-state index contributed by atoms with van der Waals surface area (Å²) in [5.74, 6) is 0.760. The zero-order chi connectivity index (χ0) is 18.3. The lowest BCUT2D eigenvalue weighted by Crippen LogP contribution is -2.48. The van der Waals surface area contributed by atoms with Crippen LogP contribution in [0, 0.1) is 5.41 Å². The number of piperidine rings is 1. The van der Waals surface area contributed by atoms with E-state index in [1.807, 2.05) is 20.8 Å². The summed E-state index contributed by atoms with van der Waals surface area (Å²) >= 11 is 0. The Labute approximate surface area is 149 Å². The molecule has 1 fully saturated rings. The molecule has 2 heterocycles. The van der Waals surface area contributed by atoms with Crippen molar-refractivity contribution in [3.8, 4) is 0 Å². The molecule has 25 heavy (non-hydrogen) atoms. The van der Waals surface area contributed by atoms with E-state index < -0.39 is 5.41 Å². The van der Waals surface area contributed by atoms with E-state index in [0.29, 0.717) is 25.3 Å². The minimum atomic E-state index is -0.396. The molecule has 2 rings (SSSR count). The number of nitrogens with zero attached hydrogens (tertiary/aromatic N) is 3. The molecule has 1 unspecified atom stereocenters. The van der Waals surface area contributed by atoms with Gasteiger partial charge in [-0.2, -0.15) is 0 Å². The maximum absolute atomic E-state index is 12.1. The molecular weight excluding hydrogens is 318 g/mol. The maximum atomic E-state index is 12.1. The first-order valence-electron chi connectivity index (χ1n) is 8.96. The fourth-order valence-corrected chi connectivity index (χ4v) is 2.75. The summed E-state index contributed by atoms with van der Waals surface area (Å²) < 4.78 is 0. The Morgan fingerprint density at radius 1 is 1.28 bits per heavy atom. The van der Waals surface area contributed by atoms with Crippen molar-refractivity contribution in [3.63, 3.8) is 0 Å². The average molecular weight is 347 g/mol. The summed E-state index contributed by atoms with van der Waals surface area (Å²) in [7, 11) is 0. The fraction of sp³-hybridized carbons (Fsp3) is 0.667. The number of carbonyl (C=O) groups is 2. The van der Waals surface area contributed by atoms with Crippen molar-refractivity contribution in [2.45, 2.75) is 52.5 Å². The summed E-state index contributed by atoms with van der Waals surface area (Å²) in [4.78, 5) is 34.5. The van der Waals surface area contributed by atoms with Crippen LogP contribution in [0.3, 0.4) is 0 Å². The Bertz CT molecular complexity index is 571. The molecule has 0 spiro atoms. The molecule has 2 amide bonds. The summed E-state index contributed by atoms with van der Waals surface area (Å²) in [6.45, 7) is 7.80. The minimum Gasteiger partial charge on any atom is -0.356 e. The second kappa shape index (κ2) is 8.78. The van der Waals surface area contributed by atoms with Gasteiger partial charge in [-0.05, 0) is 25.3 Å². The van der Waals surface area contributed by atoms with Crippen LogP contribution in [-0.2, 0) is 9.59 Å². The van der Waals surface area contributed by atoms with E-state index in [1.165, 1.54) is 0 Å². The van der Waals surface area contributed by atoms with Crippen molar-refractivity contribution in [1.82, 2.24) is 20.6 Å². The molecule has 0 radical (unpaired) electrons. The molecule has 1 aliphatic heterocycles. The lowest BCUT2D eigenvalue weighted by Gasteiger charge is -2.33. The van der Waals surface area contributed by atoms with Crippen molar-refractivity contribution >= 4 is 17.8 Å². The molecule has 0 aromatic carbocycles. The van der Waals surface area contributed by atoms with Gasteiger partial charge in [-0.25, -0.2) is 9.97 Å². The number of rotatable bonds is 6. The SMILES string of the molecule is CC(C)(C)C(=O)NCCCC(=O)NC1CCCN(c2ncccn2)C1. The lowest BCUT2D eigenvalue weighted by molar-refractivity contribution is -0.128. The van der Waals surface area contributed by atoms with Gasteiger partial charge in [-0.15, -0.1) is 0 Å². The van der Waals surface area contributed by atoms with Crippen LogP contribution in [-0.4, -0.2) is 47.5 Å². The van der Waals surface area contributed by atoms with Gasteiger partial charge < -0.3 is 15.5 Å². The number of amides is 2. The van der Waals surface area contributed by atoms with E-state index in [2.05, 4.69) is 25.5 Å². The van der Waals surface area contributed by atoms with Crippen LogP contribution in [0.25, 0.3) is 0 Å². The first-order valence-corrected chi connectivity index (χ1v) is 8.96. The standard InChI is InChI=1S/C18H29N5O2/c1-18(2,3)16(25)19-9-4-8-15(24)22-14-7-5-12-23(13-14)17-20-10-6-11-21-17/h6,10-11,14H,4-5,7-9,12-13H2,1-3H3,(H,19,25)(H,22,24). The summed E-state index contributed by atoms with van der Waals surface area (Å²) in [6.07, 6.45) is 6.50. The molecule has 7 heteroatoms. The highest BCUT2D eigenvalue weighted by Crippen LogP contribution is 2.15. The van der Waals surface area contributed by atoms with E-state index in [1.54, 1.807) is 18.5 Å². The molecule has 2 N–H and O–H groups in total. The van der Waals surface area contributed by atoms with Gasteiger partial charge in [-0.1, -0.05) is 20.8 Å². The summed E-state index contributed by atoms with van der Waals surface area (Å²) in [5.41, 5.74) is -0.396. The highest BCUT2D eigenvalue weighted by atomic mass is 16.2. The van der Waals surface area contributed by atoms with Crippen LogP contribution in [0.1, 0.15) is 46.5 Å². The topological polar surface area (TPSA) is 87.2 Å². The lowest BCUT2D eigenvalue weighted by atomic mass is 9.96. The van der Waals surface area contributed by atoms with Gasteiger partial charge in [0.15, 0.2) is 0 Å². The monoisotopic (exact) mass is 347 g/mol. The molecule has 1 aromatic heterocycles. The van der Waals surface area contributed by atoms with Crippen LogP contribution < -0.4 is 15.5 Å². The van der Waals surface area contributed by atoms with Crippen molar-refractivity contribution in [1.29, 1.82) is 0 Å². The van der Waals surface area contributed by atoms with E-state index in [-0.39, 0.29) is 17.9 Å². The largest absolute Gasteiger partial charge is 0.356 e. The Morgan fingerprint density at radius 3 is 2.68 bits per heavy atom. The Hall–Kier alpha value is -2.18. The third-order valence-corrected chi connectivity index (χ3v) is 4.17. The number of hydrogen-bond donors (Lipinski definition) is 2. The Morgan fingerprint density at radius 2 is 2.00 bits per heavy atom. The fourth-order valence-electron chi connectivity index (χ4n) is 2.75. The van der Waals surface area contributed by atoms with Crippen molar-refractivity contribution in [3.05, 3.63) is 18.5 Å². The Kier molecular flexibility index (Phi) is 6.73. The van der Waals surface area contributed by atoms with Gasteiger partial charge in [0.25, 0.3) is 0 Å². The van der Waals surface area contributed by atoms with Gasteiger partial charge in [0, 0.05) is 49.9 Å². The third-order valence-electron chi connectivity index (χ3n) is 4.17. The molecule has 1 atom stereocenters. The molecule has 7 nitrogen and oxygen atoms in total. The van der Waals surface area contributed by atoms with Crippen molar-refractivity contribution in [2.24, 2.45) is 5.41 Å². The smallest absolute Gasteiger partial charge is 0.225 e. The molecular formula is C18H29N5O2. The summed E-state index contributed by atoms with van der Waals surface area (Å²) in [5, 5.41) is 5.95. The van der Waals surface area contributed by atoms with Crippen molar-refractivity contribution < 1.29 is 9.59 Å². The van der Waals surface area contributed by atoms with Crippen LogP contribution in [0.4, 0.5) is 5.95 Å². The molecule has 1 aliphatic rings. The molecule has 0 bridgehead atoms. The third kappa shape index (κ3) is 6.32. The van der Waals surface area contributed by atoms with E-state index in [9.17, 15) is 9.59 Å². The highest BCUT2D eigenvalue weighted by Gasteiger charge is 2.23.